The topological polar surface area (TPSA) is 13.1 Å². The maximum atomic E-state index is 5.43. The number of hydrogen-bond acceptors (Lipinski definition) is 1. The summed E-state index contributed by atoms with van der Waals surface area (Å²) >= 11 is 0. The Labute approximate surface area is 107 Å². The first kappa shape index (κ1) is 10.8. The van der Waals surface area contributed by atoms with E-state index in [1.165, 1.54) is 16.7 Å². The van der Waals surface area contributed by atoms with Crippen LogP contribution in [0.2, 0.25) is 0 Å². The average molecular weight is 234 g/mol. The normalized spacial score (nSPS) is 10.5. The molecule has 18 heavy (non-hydrogen) atoms. The van der Waals surface area contributed by atoms with Crippen molar-refractivity contribution in [3.05, 3.63) is 72.5 Å². The lowest BCUT2D eigenvalue weighted by atomic mass is 10.0. The molecule has 0 amide bonds. The highest BCUT2D eigenvalue weighted by atomic mass is 16.3. The van der Waals surface area contributed by atoms with Gasteiger partial charge in [0.2, 0.25) is 0 Å². The van der Waals surface area contributed by atoms with E-state index in [4.69, 9.17) is 4.42 Å². The van der Waals surface area contributed by atoms with Crippen LogP contribution in [0.15, 0.2) is 71.3 Å². The Morgan fingerprint density at radius 2 is 1.44 bits per heavy atom. The van der Waals surface area contributed by atoms with E-state index in [9.17, 15) is 0 Å². The van der Waals surface area contributed by atoms with E-state index < -0.39 is 0 Å². The Balaban J connectivity index is 2.06. The molecule has 2 aromatic carbocycles. The minimum atomic E-state index is 0.907. The molecule has 3 rings (SSSR count). The first-order valence-electron chi connectivity index (χ1n) is 6.04. The maximum Gasteiger partial charge on any atom is 0.133 e. The van der Waals surface area contributed by atoms with Crippen molar-refractivity contribution in [3.8, 4) is 22.5 Å². The monoisotopic (exact) mass is 234 g/mol. The fourth-order valence-corrected chi connectivity index (χ4v) is 2.12. The first-order valence-corrected chi connectivity index (χ1v) is 6.04. The minimum Gasteiger partial charge on any atom is -0.464 e. The summed E-state index contributed by atoms with van der Waals surface area (Å²) in [4.78, 5) is 0. The molecule has 0 unspecified atom stereocenters. The van der Waals surface area contributed by atoms with Gasteiger partial charge in [-0.25, -0.2) is 0 Å². The molecule has 3 aromatic rings. The van der Waals surface area contributed by atoms with Crippen molar-refractivity contribution in [1.29, 1.82) is 0 Å². The van der Waals surface area contributed by atoms with Crippen LogP contribution in [0, 0.1) is 6.92 Å². The van der Waals surface area contributed by atoms with Crippen LogP contribution >= 0.6 is 0 Å². The summed E-state index contributed by atoms with van der Waals surface area (Å²) in [7, 11) is 0. The third-order valence-corrected chi connectivity index (χ3v) is 3.02. The molecule has 0 bridgehead atoms. The Kier molecular flexibility index (Phi) is 2.73. The van der Waals surface area contributed by atoms with E-state index >= 15 is 0 Å². The van der Waals surface area contributed by atoms with Gasteiger partial charge in [0.25, 0.3) is 0 Å². The third-order valence-electron chi connectivity index (χ3n) is 3.02. The summed E-state index contributed by atoms with van der Waals surface area (Å²) in [6, 6.07) is 20.8. The predicted octanol–water partition coefficient (Wildman–Crippen LogP) is 4.92. The van der Waals surface area contributed by atoms with E-state index in [2.05, 4.69) is 55.5 Å². The van der Waals surface area contributed by atoms with Crippen LogP contribution in [0.3, 0.4) is 0 Å². The standard InChI is InChI=1S/C17H14O/c1-13-5-2-6-14(11-13)15-7-3-8-16(12-15)17-9-4-10-18-17/h2-12H,1H3. The van der Waals surface area contributed by atoms with Crippen LogP contribution in [-0.2, 0) is 0 Å². The summed E-state index contributed by atoms with van der Waals surface area (Å²) < 4.78 is 5.43. The second-order valence-electron chi connectivity index (χ2n) is 4.43. The molecule has 1 heteroatoms. The number of rotatable bonds is 2. The van der Waals surface area contributed by atoms with Gasteiger partial charge in [-0.15, -0.1) is 0 Å². The van der Waals surface area contributed by atoms with E-state index in [0.29, 0.717) is 0 Å². The molecule has 0 aliphatic rings. The van der Waals surface area contributed by atoms with Gasteiger partial charge in [0.1, 0.15) is 5.76 Å². The number of aryl methyl sites for hydroxylation is 1. The molecule has 0 saturated carbocycles. The van der Waals surface area contributed by atoms with Crippen LogP contribution in [0.5, 0.6) is 0 Å². The van der Waals surface area contributed by atoms with Crippen molar-refractivity contribution in [2.24, 2.45) is 0 Å². The molecule has 0 N–H and O–H groups in total. The van der Waals surface area contributed by atoms with Crippen molar-refractivity contribution >= 4 is 0 Å². The van der Waals surface area contributed by atoms with Crippen molar-refractivity contribution < 1.29 is 4.42 Å². The molecule has 1 nitrogen and oxygen atoms in total. The number of benzene rings is 2. The SMILES string of the molecule is Cc1cccc(-c2cccc(-c3ccco3)c2)c1. The Hall–Kier alpha value is -2.28. The molecular weight excluding hydrogens is 220 g/mol. The van der Waals surface area contributed by atoms with Crippen molar-refractivity contribution in [2.45, 2.75) is 6.92 Å². The number of furan rings is 1. The average Bonchev–Trinajstić information content (AvgIpc) is 2.93. The summed E-state index contributed by atoms with van der Waals surface area (Å²) in [6.45, 7) is 2.11. The van der Waals surface area contributed by atoms with Crippen molar-refractivity contribution in [1.82, 2.24) is 0 Å². The zero-order valence-electron chi connectivity index (χ0n) is 10.3. The van der Waals surface area contributed by atoms with Gasteiger partial charge in [-0.1, -0.05) is 48.0 Å². The second kappa shape index (κ2) is 4.53. The van der Waals surface area contributed by atoms with Crippen LogP contribution < -0.4 is 0 Å². The van der Waals surface area contributed by atoms with Gasteiger partial charge in [0.15, 0.2) is 0 Å². The molecule has 1 heterocycles. The van der Waals surface area contributed by atoms with Gasteiger partial charge >= 0.3 is 0 Å². The molecule has 0 radical (unpaired) electrons. The molecule has 0 aliphatic carbocycles. The summed E-state index contributed by atoms with van der Waals surface area (Å²) in [6.07, 6.45) is 1.70. The lowest BCUT2D eigenvalue weighted by Crippen LogP contribution is -1.81. The van der Waals surface area contributed by atoms with Gasteiger partial charge in [-0.2, -0.15) is 0 Å². The van der Waals surface area contributed by atoms with Crippen LogP contribution in [0.4, 0.5) is 0 Å². The Bertz CT molecular complexity index is 651. The minimum absolute atomic E-state index is 0.907. The summed E-state index contributed by atoms with van der Waals surface area (Å²) in [5, 5.41) is 0. The van der Waals surface area contributed by atoms with Gasteiger partial charge in [-0.05, 0) is 36.2 Å². The molecule has 1 aromatic heterocycles. The molecule has 0 fully saturated rings. The largest absolute Gasteiger partial charge is 0.464 e. The molecular formula is C17H14O. The molecule has 0 spiro atoms. The first-order chi connectivity index (χ1) is 8.83. The fourth-order valence-electron chi connectivity index (χ4n) is 2.12. The second-order valence-corrected chi connectivity index (χ2v) is 4.43. The molecule has 0 saturated heterocycles. The van der Waals surface area contributed by atoms with Gasteiger partial charge in [-0.3, -0.25) is 0 Å². The van der Waals surface area contributed by atoms with Gasteiger partial charge < -0.3 is 4.42 Å². The van der Waals surface area contributed by atoms with E-state index in [0.717, 1.165) is 11.3 Å². The van der Waals surface area contributed by atoms with E-state index in [1.54, 1.807) is 6.26 Å². The lowest BCUT2D eigenvalue weighted by molar-refractivity contribution is 0.582. The fraction of sp³-hybridized carbons (Fsp3) is 0.0588. The Morgan fingerprint density at radius 3 is 2.17 bits per heavy atom. The van der Waals surface area contributed by atoms with E-state index in [-0.39, 0.29) is 0 Å². The van der Waals surface area contributed by atoms with E-state index in [1.807, 2.05) is 12.1 Å². The molecule has 0 atom stereocenters. The van der Waals surface area contributed by atoms with Crippen molar-refractivity contribution in [3.63, 3.8) is 0 Å². The summed E-state index contributed by atoms with van der Waals surface area (Å²) in [5.74, 6) is 0.907. The zero-order valence-corrected chi connectivity index (χ0v) is 10.3. The smallest absolute Gasteiger partial charge is 0.133 e. The molecule has 0 aliphatic heterocycles. The van der Waals surface area contributed by atoms with Crippen molar-refractivity contribution in [2.75, 3.05) is 0 Å². The maximum absolute atomic E-state index is 5.43. The van der Waals surface area contributed by atoms with Gasteiger partial charge in [0, 0.05) is 5.56 Å². The predicted molar refractivity (Wildman–Crippen MR) is 74.3 cm³/mol. The zero-order chi connectivity index (χ0) is 12.4. The van der Waals surface area contributed by atoms with Crippen LogP contribution in [-0.4, -0.2) is 0 Å². The third kappa shape index (κ3) is 2.07. The Morgan fingerprint density at radius 1 is 0.722 bits per heavy atom. The van der Waals surface area contributed by atoms with Crippen LogP contribution in [0.25, 0.3) is 22.5 Å². The highest BCUT2D eigenvalue weighted by molar-refractivity contribution is 5.71. The highest BCUT2D eigenvalue weighted by Crippen LogP contribution is 2.26. The van der Waals surface area contributed by atoms with Gasteiger partial charge in [0.05, 0.1) is 6.26 Å². The van der Waals surface area contributed by atoms with Crippen LogP contribution in [0.1, 0.15) is 5.56 Å². The quantitative estimate of drug-likeness (QED) is 0.613. The molecule has 88 valence electrons. The highest BCUT2D eigenvalue weighted by Gasteiger charge is 2.03. The number of hydrogen-bond donors (Lipinski definition) is 0. The lowest BCUT2D eigenvalue weighted by Gasteiger charge is -2.05. The summed E-state index contributed by atoms with van der Waals surface area (Å²) in [5.41, 5.74) is 4.84.